The maximum absolute atomic E-state index is 12.3. The van der Waals surface area contributed by atoms with Gasteiger partial charge < -0.3 is 14.4 Å². The normalized spacial score (nSPS) is 15.7. The summed E-state index contributed by atoms with van der Waals surface area (Å²) in [5, 5.41) is 1.83. The van der Waals surface area contributed by atoms with E-state index in [0.29, 0.717) is 24.8 Å². The van der Waals surface area contributed by atoms with Crippen molar-refractivity contribution in [1.29, 1.82) is 0 Å². The van der Waals surface area contributed by atoms with E-state index >= 15 is 0 Å². The van der Waals surface area contributed by atoms with Gasteiger partial charge in [0, 0.05) is 32.2 Å². The molecule has 2 heterocycles. The lowest BCUT2D eigenvalue weighted by atomic mass is 10.00. The number of rotatable bonds is 5. The summed E-state index contributed by atoms with van der Waals surface area (Å²) < 4.78 is 10.2. The lowest BCUT2D eigenvalue weighted by molar-refractivity contribution is 0.0494. The van der Waals surface area contributed by atoms with Gasteiger partial charge in [-0.3, -0.25) is 4.79 Å². The Labute approximate surface area is 128 Å². The number of hydrogen-bond donors (Lipinski definition) is 0. The van der Waals surface area contributed by atoms with Gasteiger partial charge in [-0.05, 0) is 25.7 Å². The number of carbonyl (C=O) groups excluding carboxylic acids is 2. The third-order valence-corrected chi connectivity index (χ3v) is 4.22. The molecule has 1 amide bonds. The first kappa shape index (κ1) is 15.9. The minimum Gasteiger partial charge on any atom is -0.461 e. The fourth-order valence-corrected chi connectivity index (χ4v) is 2.94. The SMILES string of the molecule is CCOC(=O)c1nc(C(=O)N(C)CC2CCOCC2)cs1. The predicted octanol–water partition coefficient (Wildman–Crippen LogP) is 1.82. The highest BCUT2D eigenvalue weighted by Crippen LogP contribution is 2.18. The molecule has 1 aromatic rings. The topological polar surface area (TPSA) is 68.7 Å². The van der Waals surface area contributed by atoms with E-state index in [9.17, 15) is 9.59 Å². The summed E-state index contributed by atoms with van der Waals surface area (Å²) in [4.78, 5) is 29.6. The van der Waals surface area contributed by atoms with Crippen LogP contribution >= 0.6 is 11.3 Å². The van der Waals surface area contributed by atoms with Gasteiger partial charge in [-0.1, -0.05) is 0 Å². The van der Waals surface area contributed by atoms with Crippen molar-refractivity contribution in [2.45, 2.75) is 19.8 Å². The van der Waals surface area contributed by atoms with E-state index in [2.05, 4.69) is 4.98 Å². The van der Waals surface area contributed by atoms with Gasteiger partial charge >= 0.3 is 5.97 Å². The van der Waals surface area contributed by atoms with Crippen LogP contribution < -0.4 is 0 Å². The molecule has 2 rings (SSSR count). The van der Waals surface area contributed by atoms with Crippen LogP contribution in [0.15, 0.2) is 5.38 Å². The molecular formula is C14H20N2O4S. The summed E-state index contributed by atoms with van der Waals surface area (Å²) in [6.45, 7) is 4.24. The van der Waals surface area contributed by atoms with Crippen LogP contribution in [0.2, 0.25) is 0 Å². The Hall–Kier alpha value is -1.47. The molecule has 0 atom stereocenters. The summed E-state index contributed by atoms with van der Waals surface area (Å²) in [7, 11) is 1.77. The lowest BCUT2D eigenvalue weighted by Crippen LogP contribution is -2.34. The average molecular weight is 312 g/mol. The van der Waals surface area contributed by atoms with Crippen LogP contribution in [0.5, 0.6) is 0 Å². The molecule has 0 bridgehead atoms. The van der Waals surface area contributed by atoms with E-state index in [-0.39, 0.29) is 10.9 Å². The fraction of sp³-hybridized carbons (Fsp3) is 0.643. The number of ether oxygens (including phenoxy) is 2. The molecule has 1 fully saturated rings. The first-order valence-electron chi connectivity index (χ1n) is 7.07. The molecule has 0 unspecified atom stereocenters. The van der Waals surface area contributed by atoms with Gasteiger partial charge in [-0.2, -0.15) is 0 Å². The van der Waals surface area contributed by atoms with E-state index in [1.807, 2.05) is 0 Å². The number of thiazole rings is 1. The molecule has 0 saturated carbocycles. The van der Waals surface area contributed by atoms with Crippen molar-refractivity contribution in [2.75, 3.05) is 33.4 Å². The Kier molecular flexibility index (Phi) is 5.69. The first-order valence-corrected chi connectivity index (χ1v) is 7.95. The van der Waals surface area contributed by atoms with Gasteiger partial charge in [-0.15, -0.1) is 11.3 Å². The third-order valence-electron chi connectivity index (χ3n) is 3.39. The molecule has 6 nitrogen and oxygen atoms in total. The summed E-state index contributed by atoms with van der Waals surface area (Å²) in [6.07, 6.45) is 1.95. The second-order valence-electron chi connectivity index (χ2n) is 5.00. The Morgan fingerprint density at radius 2 is 2.19 bits per heavy atom. The van der Waals surface area contributed by atoms with Crippen LogP contribution in [0.1, 0.15) is 40.1 Å². The molecule has 21 heavy (non-hydrogen) atoms. The van der Waals surface area contributed by atoms with Gasteiger partial charge in [0.15, 0.2) is 0 Å². The maximum atomic E-state index is 12.3. The minimum atomic E-state index is -0.478. The molecular weight excluding hydrogens is 292 g/mol. The predicted molar refractivity (Wildman–Crippen MR) is 78.6 cm³/mol. The van der Waals surface area contributed by atoms with Crippen molar-refractivity contribution >= 4 is 23.2 Å². The average Bonchev–Trinajstić information content (AvgIpc) is 2.97. The lowest BCUT2D eigenvalue weighted by Gasteiger charge is -2.26. The van der Waals surface area contributed by atoms with Gasteiger partial charge in [0.1, 0.15) is 5.69 Å². The molecule has 116 valence electrons. The summed E-state index contributed by atoms with van der Waals surface area (Å²) >= 11 is 1.14. The molecule has 0 N–H and O–H groups in total. The second-order valence-corrected chi connectivity index (χ2v) is 5.86. The van der Waals surface area contributed by atoms with Crippen molar-refractivity contribution in [3.63, 3.8) is 0 Å². The number of hydrogen-bond acceptors (Lipinski definition) is 6. The molecule has 7 heteroatoms. The summed E-state index contributed by atoms with van der Waals surface area (Å²) in [5.41, 5.74) is 0.303. The van der Waals surface area contributed by atoms with E-state index < -0.39 is 5.97 Å². The standard InChI is InChI=1S/C14H20N2O4S/c1-3-20-14(18)12-15-11(9-21-12)13(17)16(2)8-10-4-6-19-7-5-10/h9-10H,3-8H2,1-2H3. The highest BCUT2D eigenvalue weighted by molar-refractivity contribution is 7.11. The fourth-order valence-electron chi connectivity index (χ4n) is 2.25. The van der Waals surface area contributed by atoms with Crippen LogP contribution in [0.3, 0.4) is 0 Å². The molecule has 0 aliphatic carbocycles. The molecule has 0 radical (unpaired) electrons. The van der Waals surface area contributed by atoms with Gasteiger partial charge in [-0.25, -0.2) is 9.78 Å². The first-order chi connectivity index (χ1) is 10.1. The highest BCUT2D eigenvalue weighted by atomic mass is 32.1. The Morgan fingerprint density at radius 3 is 2.86 bits per heavy atom. The zero-order chi connectivity index (χ0) is 15.2. The zero-order valence-electron chi connectivity index (χ0n) is 12.3. The van der Waals surface area contributed by atoms with Crippen molar-refractivity contribution < 1.29 is 19.1 Å². The number of nitrogens with zero attached hydrogens (tertiary/aromatic N) is 2. The Balaban J connectivity index is 1.94. The van der Waals surface area contributed by atoms with Crippen molar-refractivity contribution in [3.05, 3.63) is 16.1 Å². The molecule has 0 spiro atoms. The summed E-state index contributed by atoms with van der Waals surface area (Å²) in [5.74, 6) is -0.169. The smallest absolute Gasteiger partial charge is 0.367 e. The third kappa shape index (κ3) is 4.25. The van der Waals surface area contributed by atoms with Gasteiger partial charge in [0.25, 0.3) is 5.91 Å². The van der Waals surface area contributed by atoms with Crippen LogP contribution in [0, 0.1) is 5.92 Å². The van der Waals surface area contributed by atoms with E-state index in [4.69, 9.17) is 9.47 Å². The minimum absolute atomic E-state index is 0.159. The van der Waals surface area contributed by atoms with Crippen LogP contribution in [-0.4, -0.2) is 55.2 Å². The number of carbonyl (C=O) groups is 2. The van der Waals surface area contributed by atoms with E-state index in [0.717, 1.165) is 37.4 Å². The van der Waals surface area contributed by atoms with Gasteiger partial charge in [0.2, 0.25) is 5.01 Å². The van der Waals surface area contributed by atoms with Crippen molar-refractivity contribution in [1.82, 2.24) is 9.88 Å². The maximum Gasteiger partial charge on any atom is 0.367 e. The number of amides is 1. The monoisotopic (exact) mass is 312 g/mol. The second kappa shape index (κ2) is 7.51. The van der Waals surface area contributed by atoms with Crippen LogP contribution in [-0.2, 0) is 9.47 Å². The highest BCUT2D eigenvalue weighted by Gasteiger charge is 2.22. The molecule has 1 aliphatic rings. The zero-order valence-corrected chi connectivity index (χ0v) is 13.1. The molecule has 1 aliphatic heterocycles. The van der Waals surface area contributed by atoms with Crippen LogP contribution in [0.25, 0.3) is 0 Å². The Morgan fingerprint density at radius 1 is 1.48 bits per heavy atom. The molecule has 0 aromatic carbocycles. The van der Waals surface area contributed by atoms with Crippen molar-refractivity contribution in [2.24, 2.45) is 5.92 Å². The number of esters is 1. The van der Waals surface area contributed by atoms with Crippen LogP contribution in [0.4, 0.5) is 0 Å². The largest absolute Gasteiger partial charge is 0.461 e. The van der Waals surface area contributed by atoms with Crippen molar-refractivity contribution in [3.8, 4) is 0 Å². The quantitative estimate of drug-likeness (QED) is 0.776. The number of aromatic nitrogens is 1. The summed E-state index contributed by atoms with van der Waals surface area (Å²) in [6, 6.07) is 0. The van der Waals surface area contributed by atoms with E-state index in [1.54, 1.807) is 24.3 Å². The Bertz CT molecular complexity index is 497. The van der Waals surface area contributed by atoms with Gasteiger partial charge in [0.05, 0.1) is 6.61 Å². The van der Waals surface area contributed by atoms with E-state index in [1.165, 1.54) is 0 Å². The molecule has 1 aromatic heterocycles. The molecule has 1 saturated heterocycles.